The van der Waals surface area contributed by atoms with E-state index >= 15 is 0 Å². The minimum atomic E-state index is -1.20. The van der Waals surface area contributed by atoms with Crippen molar-refractivity contribution < 1.29 is 14.6 Å². The molecule has 0 saturated heterocycles. The van der Waals surface area contributed by atoms with Crippen molar-refractivity contribution in [3.05, 3.63) is 95.6 Å². The smallest absolute Gasteiger partial charge is 0.128 e. The molecule has 0 radical (unpaired) electrons. The topological polar surface area (TPSA) is 52.6 Å². The van der Waals surface area contributed by atoms with Gasteiger partial charge in [-0.2, -0.15) is 0 Å². The molecule has 0 aromatic heterocycles. The Kier molecular flexibility index (Phi) is 7.05. The van der Waals surface area contributed by atoms with Crippen LogP contribution in [0.4, 0.5) is 5.69 Å². The van der Waals surface area contributed by atoms with Gasteiger partial charge in [0.15, 0.2) is 0 Å². The van der Waals surface area contributed by atoms with Gasteiger partial charge in [0, 0.05) is 30.1 Å². The van der Waals surface area contributed by atoms with Gasteiger partial charge in [-0.1, -0.05) is 66.7 Å². The molecule has 4 nitrogen and oxygen atoms in total. The lowest BCUT2D eigenvalue weighted by Crippen LogP contribution is -2.33. The first-order valence-electron chi connectivity index (χ1n) is 11.0. The monoisotopic (exact) mass is 446 g/mol. The van der Waals surface area contributed by atoms with Crippen molar-refractivity contribution in [3.8, 4) is 5.75 Å². The number of aliphatic carboxylic acids is 1. The van der Waals surface area contributed by atoms with Gasteiger partial charge in [-0.25, -0.2) is 0 Å². The molecule has 0 atom stereocenters. The number of fused-ring (bicyclic) bond motifs is 1. The van der Waals surface area contributed by atoms with Crippen LogP contribution in [0.2, 0.25) is 0 Å². The van der Waals surface area contributed by atoms with Crippen molar-refractivity contribution in [3.63, 3.8) is 0 Å². The van der Waals surface area contributed by atoms with Crippen molar-refractivity contribution in [2.75, 3.05) is 30.3 Å². The van der Waals surface area contributed by atoms with Crippen LogP contribution in [0.3, 0.4) is 0 Å². The van der Waals surface area contributed by atoms with E-state index in [4.69, 9.17) is 4.74 Å². The first kappa shape index (κ1) is 22.3. The van der Waals surface area contributed by atoms with Gasteiger partial charge in [-0.15, -0.1) is 11.8 Å². The summed E-state index contributed by atoms with van der Waals surface area (Å²) in [4.78, 5) is 13.2. The lowest BCUT2D eigenvalue weighted by Gasteiger charge is -2.35. The van der Waals surface area contributed by atoms with E-state index in [2.05, 4.69) is 78.6 Å². The summed E-state index contributed by atoms with van der Waals surface area (Å²) in [6.45, 7) is 3.79. The molecule has 0 bridgehead atoms. The molecule has 5 heteroatoms. The predicted octanol–water partition coefficient (Wildman–Crippen LogP) is 4.26. The third-order valence-electron chi connectivity index (χ3n) is 6.05. The number of carboxylic acid groups (broad SMARTS) is 1. The van der Waals surface area contributed by atoms with Crippen molar-refractivity contribution >= 4 is 23.4 Å². The molecule has 166 valence electrons. The van der Waals surface area contributed by atoms with Gasteiger partial charge in [-0.05, 0) is 43.0 Å². The SMILES string of the molecule is CC(SCCN1CCCc2c(OCC(=O)[O-])cccc21)(c1ccccc1)c1ccccc1. The Morgan fingerprint density at radius 2 is 1.66 bits per heavy atom. The standard InChI is InChI=1S/C27H29NO3S/c1-27(21-10-4-2-5-11-21,22-12-6-3-7-13-22)32-19-18-28-17-9-14-23-24(28)15-8-16-25(23)31-20-26(29)30/h2-8,10-13,15-16H,9,14,17-20H2,1H3,(H,29,30)/p-1. The highest BCUT2D eigenvalue weighted by Gasteiger charge is 2.30. The Labute approximate surface area is 194 Å². The van der Waals surface area contributed by atoms with Crippen LogP contribution in [-0.4, -0.2) is 31.4 Å². The molecule has 32 heavy (non-hydrogen) atoms. The normalized spacial score (nSPS) is 13.5. The first-order valence-corrected chi connectivity index (χ1v) is 12.0. The molecule has 0 spiro atoms. The number of carboxylic acids is 1. The molecule has 0 aliphatic carbocycles. The average Bonchev–Trinajstić information content (AvgIpc) is 2.84. The molecule has 0 fully saturated rings. The van der Waals surface area contributed by atoms with E-state index in [1.807, 2.05) is 23.9 Å². The van der Waals surface area contributed by atoms with Gasteiger partial charge >= 0.3 is 0 Å². The van der Waals surface area contributed by atoms with E-state index in [1.165, 1.54) is 11.1 Å². The predicted molar refractivity (Wildman–Crippen MR) is 129 cm³/mol. The molecule has 3 aromatic carbocycles. The van der Waals surface area contributed by atoms with Gasteiger partial charge in [0.2, 0.25) is 0 Å². The fraction of sp³-hybridized carbons (Fsp3) is 0.296. The first-order chi connectivity index (χ1) is 15.6. The zero-order chi connectivity index (χ0) is 22.4. The van der Waals surface area contributed by atoms with Gasteiger partial charge < -0.3 is 19.5 Å². The second-order valence-electron chi connectivity index (χ2n) is 8.12. The minimum Gasteiger partial charge on any atom is -0.546 e. The van der Waals surface area contributed by atoms with Crippen molar-refractivity contribution in [2.24, 2.45) is 0 Å². The highest BCUT2D eigenvalue weighted by Crippen LogP contribution is 2.43. The molecule has 1 aliphatic rings. The quantitative estimate of drug-likeness (QED) is 0.491. The fourth-order valence-electron chi connectivity index (χ4n) is 4.38. The number of thioether (sulfide) groups is 1. The maximum atomic E-state index is 10.8. The number of hydrogen-bond donors (Lipinski definition) is 0. The summed E-state index contributed by atoms with van der Waals surface area (Å²) in [6.07, 6.45) is 1.92. The van der Waals surface area contributed by atoms with Crippen LogP contribution < -0.4 is 14.7 Å². The number of anilines is 1. The lowest BCUT2D eigenvalue weighted by atomic mass is 9.92. The number of benzene rings is 3. The number of rotatable bonds is 9. The molecule has 0 saturated carbocycles. The van der Waals surface area contributed by atoms with Gasteiger partial charge in [0.05, 0.1) is 10.7 Å². The zero-order valence-corrected chi connectivity index (χ0v) is 19.1. The maximum Gasteiger partial charge on any atom is 0.128 e. The summed E-state index contributed by atoms with van der Waals surface area (Å²) in [6, 6.07) is 27.3. The number of carbonyl (C=O) groups is 1. The summed E-state index contributed by atoms with van der Waals surface area (Å²) in [7, 11) is 0. The Morgan fingerprint density at radius 1 is 1.00 bits per heavy atom. The number of nitrogens with zero attached hydrogens (tertiary/aromatic N) is 1. The minimum absolute atomic E-state index is 0.138. The van der Waals surface area contributed by atoms with Crippen molar-refractivity contribution in [1.82, 2.24) is 0 Å². The summed E-state index contributed by atoms with van der Waals surface area (Å²) in [5.41, 5.74) is 4.84. The van der Waals surface area contributed by atoms with E-state index in [1.54, 1.807) is 0 Å². The van der Waals surface area contributed by atoms with Gasteiger partial charge in [-0.3, -0.25) is 0 Å². The van der Waals surface area contributed by atoms with E-state index < -0.39 is 12.6 Å². The number of hydrogen-bond acceptors (Lipinski definition) is 5. The fourth-order valence-corrected chi connectivity index (χ4v) is 5.70. The molecular weight excluding hydrogens is 418 g/mol. The highest BCUT2D eigenvalue weighted by atomic mass is 32.2. The molecule has 0 unspecified atom stereocenters. The summed E-state index contributed by atoms with van der Waals surface area (Å²) in [5.74, 6) is 0.416. The van der Waals surface area contributed by atoms with E-state index in [-0.39, 0.29) is 4.75 Å². The van der Waals surface area contributed by atoms with Crippen LogP contribution in [0, 0.1) is 0 Å². The number of ether oxygens (including phenoxy) is 1. The van der Waals surface area contributed by atoms with Crippen LogP contribution in [0.5, 0.6) is 5.75 Å². The highest BCUT2D eigenvalue weighted by molar-refractivity contribution is 8.00. The average molecular weight is 447 g/mol. The summed E-state index contributed by atoms with van der Waals surface area (Å²) < 4.78 is 5.36. The molecular formula is C27H28NO3S-. The maximum absolute atomic E-state index is 10.8. The van der Waals surface area contributed by atoms with Crippen LogP contribution in [0.1, 0.15) is 30.0 Å². The largest absolute Gasteiger partial charge is 0.546 e. The molecule has 0 amide bonds. The Morgan fingerprint density at radius 3 is 2.28 bits per heavy atom. The van der Waals surface area contributed by atoms with E-state index in [0.717, 1.165) is 42.9 Å². The van der Waals surface area contributed by atoms with Crippen LogP contribution in [0.25, 0.3) is 0 Å². The van der Waals surface area contributed by atoms with Crippen molar-refractivity contribution in [1.29, 1.82) is 0 Å². The van der Waals surface area contributed by atoms with Gasteiger partial charge in [0.25, 0.3) is 0 Å². The van der Waals surface area contributed by atoms with Crippen LogP contribution >= 0.6 is 11.8 Å². The third kappa shape index (κ3) is 4.94. The van der Waals surface area contributed by atoms with Crippen molar-refractivity contribution in [2.45, 2.75) is 24.5 Å². The summed E-state index contributed by atoms with van der Waals surface area (Å²) in [5, 5.41) is 10.8. The Balaban J connectivity index is 1.50. The second kappa shape index (κ2) is 10.1. The van der Waals surface area contributed by atoms with Gasteiger partial charge in [0.1, 0.15) is 12.4 Å². The van der Waals surface area contributed by atoms with E-state index in [0.29, 0.717) is 5.75 Å². The van der Waals surface area contributed by atoms with E-state index in [9.17, 15) is 9.90 Å². The number of carbonyl (C=O) groups excluding carboxylic acids is 1. The Hall–Kier alpha value is -2.92. The molecule has 4 rings (SSSR count). The Bertz CT molecular complexity index is 1000. The van der Waals surface area contributed by atoms with Crippen LogP contribution in [0.15, 0.2) is 78.9 Å². The molecule has 1 aliphatic heterocycles. The molecule has 0 N–H and O–H groups in total. The lowest BCUT2D eigenvalue weighted by molar-refractivity contribution is -0.307. The van der Waals surface area contributed by atoms with Crippen LogP contribution in [-0.2, 0) is 16.0 Å². The summed E-state index contributed by atoms with van der Waals surface area (Å²) >= 11 is 1.96. The third-order valence-corrected chi connectivity index (χ3v) is 7.49. The molecule has 3 aromatic rings. The second-order valence-corrected chi connectivity index (χ2v) is 9.63. The zero-order valence-electron chi connectivity index (χ0n) is 18.3. The molecule has 1 heterocycles.